The van der Waals surface area contributed by atoms with Gasteiger partial charge in [0.1, 0.15) is 6.61 Å². The third-order valence-corrected chi connectivity index (χ3v) is 3.14. The van der Waals surface area contributed by atoms with Gasteiger partial charge < -0.3 is 10.1 Å². The van der Waals surface area contributed by atoms with Crippen molar-refractivity contribution in [3.05, 3.63) is 65.2 Å². The largest absolute Gasteiger partial charge is 0.367 e. The van der Waals surface area contributed by atoms with Crippen LogP contribution in [-0.2, 0) is 16.1 Å². The van der Waals surface area contributed by atoms with Crippen molar-refractivity contribution in [2.75, 3.05) is 11.9 Å². The van der Waals surface area contributed by atoms with Gasteiger partial charge in [-0.1, -0.05) is 36.4 Å². The van der Waals surface area contributed by atoms with Crippen LogP contribution >= 0.6 is 0 Å². The molecule has 0 saturated heterocycles. The molecule has 0 bridgehead atoms. The molecule has 0 aliphatic carbocycles. The molecule has 0 aliphatic rings. The van der Waals surface area contributed by atoms with Crippen molar-refractivity contribution < 1.29 is 9.53 Å². The highest BCUT2D eigenvalue weighted by molar-refractivity contribution is 5.91. The van der Waals surface area contributed by atoms with Crippen LogP contribution in [0.3, 0.4) is 0 Å². The van der Waals surface area contributed by atoms with Gasteiger partial charge >= 0.3 is 0 Å². The zero-order valence-electron chi connectivity index (χ0n) is 11.8. The summed E-state index contributed by atoms with van der Waals surface area (Å²) in [6, 6.07) is 15.7. The van der Waals surface area contributed by atoms with E-state index < -0.39 is 0 Å². The van der Waals surface area contributed by atoms with Crippen molar-refractivity contribution in [1.82, 2.24) is 0 Å². The lowest BCUT2D eigenvalue weighted by atomic mass is 10.1. The fraction of sp³-hybridized carbons (Fsp3) is 0.235. The van der Waals surface area contributed by atoms with Crippen LogP contribution < -0.4 is 5.32 Å². The van der Waals surface area contributed by atoms with Crippen LogP contribution in [0.25, 0.3) is 0 Å². The van der Waals surface area contributed by atoms with Gasteiger partial charge in [0.15, 0.2) is 0 Å². The van der Waals surface area contributed by atoms with E-state index in [0.717, 1.165) is 16.8 Å². The Morgan fingerprint density at radius 1 is 1.05 bits per heavy atom. The number of ether oxygens (including phenoxy) is 1. The van der Waals surface area contributed by atoms with E-state index in [0.29, 0.717) is 6.61 Å². The summed E-state index contributed by atoms with van der Waals surface area (Å²) in [6.07, 6.45) is 0. The maximum absolute atomic E-state index is 11.8. The number of nitrogens with one attached hydrogen (secondary N) is 1. The lowest BCUT2D eigenvalue weighted by Crippen LogP contribution is -2.18. The first-order valence-electron chi connectivity index (χ1n) is 6.64. The average Bonchev–Trinajstić information content (AvgIpc) is 2.44. The molecule has 1 N–H and O–H groups in total. The van der Waals surface area contributed by atoms with E-state index in [-0.39, 0.29) is 12.5 Å². The number of hydrogen-bond donors (Lipinski definition) is 1. The molecule has 0 heterocycles. The van der Waals surface area contributed by atoms with Crippen LogP contribution in [0, 0.1) is 13.8 Å². The Hall–Kier alpha value is -2.13. The van der Waals surface area contributed by atoms with Crippen LogP contribution in [-0.4, -0.2) is 12.5 Å². The standard InChI is InChI=1S/C17H19NO2/c1-13-8-9-16(10-14(13)2)18-17(19)12-20-11-15-6-4-3-5-7-15/h3-10H,11-12H2,1-2H3,(H,18,19). The molecule has 3 heteroatoms. The summed E-state index contributed by atoms with van der Waals surface area (Å²) in [5.41, 5.74) is 4.24. The lowest BCUT2D eigenvalue weighted by Gasteiger charge is -2.08. The van der Waals surface area contributed by atoms with E-state index in [9.17, 15) is 4.79 Å². The third-order valence-electron chi connectivity index (χ3n) is 3.14. The van der Waals surface area contributed by atoms with Gasteiger partial charge in [0.25, 0.3) is 0 Å². The van der Waals surface area contributed by atoms with Crippen LogP contribution in [0.1, 0.15) is 16.7 Å². The summed E-state index contributed by atoms with van der Waals surface area (Å²) in [7, 11) is 0. The normalized spacial score (nSPS) is 10.3. The van der Waals surface area contributed by atoms with E-state index in [1.165, 1.54) is 5.56 Å². The number of rotatable bonds is 5. The fourth-order valence-electron chi connectivity index (χ4n) is 1.85. The molecule has 0 radical (unpaired) electrons. The Balaban J connectivity index is 1.79. The second-order valence-corrected chi connectivity index (χ2v) is 4.83. The lowest BCUT2D eigenvalue weighted by molar-refractivity contribution is -0.121. The highest BCUT2D eigenvalue weighted by Gasteiger charge is 2.03. The molecule has 104 valence electrons. The molecule has 1 amide bonds. The predicted octanol–water partition coefficient (Wildman–Crippen LogP) is 3.46. The summed E-state index contributed by atoms with van der Waals surface area (Å²) in [5, 5.41) is 2.83. The molecule has 0 spiro atoms. The summed E-state index contributed by atoms with van der Waals surface area (Å²) < 4.78 is 5.40. The van der Waals surface area contributed by atoms with Crippen LogP contribution in [0.2, 0.25) is 0 Å². The van der Waals surface area contributed by atoms with Crippen molar-refractivity contribution in [2.24, 2.45) is 0 Å². The molecule has 3 nitrogen and oxygen atoms in total. The van der Waals surface area contributed by atoms with Gasteiger partial charge in [0.2, 0.25) is 5.91 Å². The first-order chi connectivity index (χ1) is 9.65. The quantitative estimate of drug-likeness (QED) is 0.902. The average molecular weight is 269 g/mol. The fourth-order valence-corrected chi connectivity index (χ4v) is 1.85. The first kappa shape index (κ1) is 14.3. The molecule has 0 unspecified atom stereocenters. The smallest absolute Gasteiger partial charge is 0.250 e. The van der Waals surface area contributed by atoms with Gasteiger partial charge in [-0.15, -0.1) is 0 Å². The first-order valence-corrected chi connectivity index (χ1v) is 6.64. The Morgan fingerprint density at radius 2 is 1.80 bits per heavy atom. The molecule has 0 atom stereocenters. The van der Waals surface area contributed by atoms with Crippen molar-refractivity contribution in [2.45, 2.75) is 20.5 Å². The van der Waals surface area contributed by atoms with Gasteiger partial charge in [-0.3, -0.25) is 4.79 Å². The van der Waals surface area contributed by atoms with E-state index in [4.69, 9.17) is 4.74 Å². The zero-order valence-corrected chi connectivity index (χ0v) is 11.8. The number of amides is 1. The van der Waals surface area contributed by atoms with Gasteiger partial charge in [-0.25, -0.2) is 0 Å². The van der Waals surface area contributed by atoms with Crippen molar-refractivity contribution in [3.63, 3.8) is 0 Å². The number of aryl methyl sites for hydroxylation is 2. The van der Waals surface area contributed by atoms with E-state index in [1.54, 1.807) is 0 Å². The zero-order chi connectivity index (χ0) is 14.4. The minimum absolute atomic E-state index is 0.0574. The predicted molar refractivity (Wildman–Crippen MR) is 80.6 cm³/mol. The molecule has 0 aliphatic heterocycles. The highest BCUT2D eigenvalue weighted by atomic mass is 16.5. The van der Waals surface area contributed by atoms with Crippen LogP contribution in [0.4, 0.5) is 5.69 Å². The number of carbonyl (C=O) groups excluding carboxylic acids is 1. The third kappa shape index (κ3) is 4.21. The van der Waals surface area contributed by atoms with E-state index >= 15 is 0 Å². The Labute approximate surface area is 119 Å². The van der Waals surface area contributed by atoms with Crippen molar-refractivity contribution in [1.29, 1.82) is 0 Å². The molecule has 2 aromatic carbocycles. The molecule has 2 aromatic rings. The molecule has 0 saturated carbocycles. The Kier molecular flexibility index (Phi) is 4.91. The minimum atomic E-state index is -0.135. The SMILES string of the molecule is Cc1ccc(NC(=O)COCc2ccccc2)cc1C. The Morgan fingerprint density at radius 3 is 2.50 bits per heavy atom. The monoisotopic (exact) mass is 269 g/mol. The molecule has 0 fully saturated rings. The van der Waals surface area contributed by atoms with E-state index in [2.05, 4.69) is 5.32 Å². The summed E-state index contributed by atoms with van der Waals surface area (Å²) in [6.45, 7) is 4.57. The maximum Gasteiger partial charge on any atom is 0.250 e. The van der Waals surface area contributed by atoms with Crippen molar-refractivity contribution >= 4 is 11.6 Å². The van der Waals surface area contributed by atoms with Gasteiger partial charge in [-0.2, -0.15) is 0 Å². The van der Waals surface area contributed by atoms with Crippen LogP contribution in [0.15, 0.2) is 48.5 Å². The van der Waals surface area contributed by atoms with Crippen LogP contribution in [0.5, 0.6) is 0 Å². The summed E-state index contributed by atoms with van der Waals surface area (Å²) in [5.74, 6) is -0.135. The second kappa shape index (κ2) is 6.87. The topological polar surface area (TPSA) is 38.3 Å². The molecule has 2 rings (SSSR count). The van der Waals surface area contributed by atoms with E-state index in [1.807, 2.05) is 62.4 Å². The molecule has 20 heavy (non-hydrogen) atoms. The number of benzene rings is 2. The molecular weight excluding hydrogens is 250 g/mol. The Bertz CT molecular complexity index is 579. The minimum Gasteiger partial charge on any atom is -0.367 e. The summed E-state index contributed by atoms with van der Waals surface area (Å²) >= 11 is 0. The number of carbonyl (C=O) groups is 1. The second-order valence-electron chi connectivity index (χ2n) is 4.83. The number of hydrogen-bond acceptors (Lipinski definition) is 2. The number of anilines is 1. The summed E-state index contributed by atoms with van der Waals surface area (Å²) in [4.78, 5) is 11.8. The van der Waals surface area contributed by atoms with Crippen molar-refractivity contribution in [3.8, 4) is 0 Å². The van der Waals surface area contributed by atoms with Gasteiger partial charge in [-0.05, 0) is 42.7 Å². The molecule has 0 aromatic heterocycles. The van der Waals surface area contributed by atoms with Gasteiger partial charge in [0, 0.05) is 5.69 Å². The van der Waals surface area contributed by atoms with Gasteiger partial charge in [0.05, 0.1) is 6.61 Å². The highest BCUT2D eigenvalue weighted by Crippen LogP contribution is 2.14. The molecular formula is C17H19NO2. The maximum atomic E-state index is 11.8.